The van der Waals surface area contributed by atoms with Gasteiger partial charge in [0, 0.05) is 12.1 Å². The third-order valence-corrected chi connectivity index (χ3v) is 4.62. The molecule has 16 heavy (non-hydrogen) atoms. The van der Waals surface area contributed by atoms with Crippen molar-refractivity contribution in [3.05, 3.63) is 21.3 Å². The maximum Gasteiger partial charge on any atom is 0.0931 e. The van der Waals surface area contributed by atoms with E-state index in [1.54, 1.807) is 11.3 Å². The zero-order valence-electron chi connectivity index (χ0n) is 10.0. The fraction of sp³-hybridized carbons (Fsp3) is 0.692. The van der Waals surface area contributed by atoms with E-state index >= 15 is 0 Å². The summed E-state index contributed by atoms with van der Waals surface area (Å²) in [5, 5.41) is 5.89. The summed E-state index contributed by atoms with van der Waals surface area (Å²) in [6.45, 7) is 4.59. The molecule has 0 aromatic carbocycles. The molecule has 1 N–H and O–H groups in total. The van der Waals surface area contributed by atoms with E-state index in [2.05, 4.69) is 30.6 Å². The molecule has 1 aromatic heterocycles. The van der Waals surface area contributed by atoms with Gasteiger partial charge in [-0.15, -0.1) is 11.3 Å². The minimum absolute atomic E-state index is 0.430. The van der Waals surface area contributed by atoms with Gasteiger partial charge in [0.25, 0.3) is 0 Å². The summed E-state index contributed by atoms with van der Waals surface area (Å²) in [6, 6.07) is 3.20. The van der Waals surface area contributed by atoms with E-state index in [0.717, 1.165) is 10.3 Å². The maximum atomic E-state index is 5.96. The second-order valence-electron chi connectivity index (χ2n) is 5.04. The van der Waals surface area contributed by atoms with Gasteiger partial charge in [-0.3, -0.25) is 0 Å². The van der Waals surface area contributed by atoms with Crippen molar-refractivity contribution in [2.75, 3.05) is 0 Å². The molecule has 0 aliphatic heterocycles. The fourth-order valence-corrected chi connectivity index (χ4v) is 3.57. The van der Waals surface area contributed by atoms with Crippen LogP contribution in [-0.2, 0) is 0 Å². The van der Waals surface area contributed by atoms with Crippen molar-refractivity contribution in [2.24, 2.45) is 5.92 Å². The third kappa shape index (κ3) is 3.22. The molecule has 1 aliphatic carbocycles. The normalized spacial score (nSPS) is 27.9. The van der Waals surface area contributed by atoms with Crippen LogP contribution in [-0.4, -0.2) is 6.04 Å². The molecule has 1 fully saturated rings. The Labute approximate surface area is 107 Å². The van der Waals surface area contributed by atoms with Gasteiger partial charge in [0.1, 0.15) is 0 Å². The fourth-order valence-electron chi connectivity index (χ4n) is 2.59. The standard InChI is InChI=1S/C13H20ClNS/c1-9-4-3-5-12(6-9)15-10(2)11-7-13(14)16-8-11/h7-10,12,15H,3-6H2,1-2H3. The van der Waals surface area contributed by atoms with Crippen molar-refractivity contribution in [1.82, 2.24) is 5.32 Å². The Balaban J connectivity index is 1.89. The van der Waals surface area contributed by atoms with Crippen LogP contribution in [0.5, 0.6) is 0 Å². The van der Waals surface area contributed by atoms with Crippen LogP contribution < -0.4 is 5.32 Å². The molecular formula is C13H20ClNS. The molecule has 1 saturated carbocycles. The summed E-state index contributed by atoms with van der Waals surface area (Å²) in [6.07, 6.45) is 5.42. The van der Waals surface area contributed by atoms with Crippen LogP contribution in [0.1, 0.15) is 51.1 Å². The molecular weight excluding hydrogens is 238 g/mol. The van der Waals surface area contributed by atoms with E-state index in [-0.39, 0.29) is 0 Å². The minimum atomic E-state index is 0.430. The number of rotatable bonds is 3. The Morgan fingerprint density at radius 1 is 1.50 bits per heavy atom. The SMILES string of the molecule is CC1CCCC(NC(C)c2csc(Cl)c2)C1. The number of halogens is 1. The molecule has 0 saturated heterocycles. The predicted molar refractivity (Wildman–Crippen MR) is 72.3 cm³/mol. The molecule has 1 heterocycles. The highest BCUT2D eigenvalue weighted by molar-refractivity contribution is 7.14. The molecule has 0 amide bonds. The number of hydrogen-bond donors (Lipinski definition) is 1. The molecule has 0 radical (unpaired) electrons. The first-order chi connectivity index (χ1) is 7.65. The van der Waals surface area contributed by atoms with Gasteiger partial charge in [0.15, 0.2) is 0 Å². The van der Waals surface area contributed by atoms with Crippen LogP contribution in [0.25, 0.3) is 0 Å². The zero-order valence-corrected chi connectivity index (χ0v) is 11.6. The topological polar surface area (TPSA) is 12.0 Å². The Hall–Kier alpha value is -0.0500. The van der Waals surface area contributed by atoms with Crippen molar-refractivity contribution >= 4 is 22.9 Å². The van der Waals surface area contributed by atoms with Crippen molar-refractivity contribution in [3.63, 3.8) is 0 Å². The first-order valence-corrected chi connectivity index (χ1v) is 7.41. The van der Waals surface area contributed by atoms with Gasteiger partial charge >= 0.3 is 0 Å². The second-order valence-corrected chi connectivity index (χ2v) is 6.58. The summed E-state index contributed by atoms with van der Waals surface area (Å²) >= 11 is 7.58. The molecule has 0 bridgehead atoms. The van der Waals surface area contributed by atoms with Crippen molar-refractivity contribution in [2.45, 2.75) is 51.6 Å². The number of nitrogens with one attached hydrogen (secondary N) is 1. The van der Waals surface area contributed by atoms with E-state index in [4.69, 9.17) is 11.6 Å². The first-order valence-electron chi connectivity index (χ1n) is 6.15. The van der Waals surface area contributed by atoms with Crippen molar-refractivity contribution in [3.8, 4) is 0 Å². The van der Waals surface area contributed by atoms with E-state index in [1.807, 2.05) is 0 Å². The van der Waals surface area contributed by atoms with E-state index in [1.165, 1.54) is 31.2 Å². The van der Waals surface area contributed by atoms with Gasteiger partial charge in [-0.2, -0.15) is 0 Å². The lowest BCUT2D eigenvalue weighted by Crippen LogP contribution is -2.35. The number of hydrogen-bond acceptors (Lipinski definition) is 2. The van der Waals surface area contributed by atoms with E-state index in [9.17, 15) is 0 Å². The second kappa shape index (κ2) is 5.52. The number of thiophene rings is 1. The van der Waals surface area contributed by atoms with Crippen LogP contribution in [0.3, 0.4) is 0 Å². The van der Waals surface area contributed by atoms with Gasteiger partial charge < -0.3 is 5.32 Å². The van der Waals surface area contributed by atoms with Crippen LogP contribution in [0.2, 0.25) is 4.34 Å². The van der Waals surface area contributed by atoms with E-state index < -0.39 is 0 Å². The van der Waals surface area contributed by atoms with Crippen LogP contribution in [0.15, 0.2) is 11.4 Å². The summed E-state index contributed by atoms with van der Waals surface area (Å²) in [4.78, 5) is 0. The zero-order chi connectivity index (χ0) is 11.5. The monoisotopic (exact) mass is 257 g/mol. The van der Waals surface area contributed by atoms with Crippen molar-refractivity contribution in [1.29, 1.82) is 0 Å². The van der Waals surface area contributed by atoms with Gasteiger partial charge in [0.05, 0.1) is 4.34 Å². The highest BCUT2D eigenvalue weighted by Crippen LogP contribution is 2.28. The molecule has 3 atom stereocenters. The summed E-state index contributed by atoms with van der Waals surface area (Å²) in [5.74, 6) is 0.879. The average molecular weight is 258 g/mol. The lowest BCUT2D eigenvalue weighted by atomic mass is 9.86. The maximum absolute atomic E-state index is 5.96. The van der Waals surface area contributed by atoms with E-state index in [0.29, 0.717) is 12.1 Å². The van der Waals surface area contributed by atoms with Gasteiger partial charge in [0.2, 0.25) is 0 Å². The minimum Gasteiger partial charge on any atom is -0.307 e. The Bertz CT molecular complexity index is 336. The Morgan fingerprint density at radius 2 is 2.31 bits per heavy atom. The van der Waals surface area contributed by atoms with Gasteiger partial charge in [-0.1, -0.05) is 31.4 Å². The Kier molecular flexibility index (Phi) is 4.28. The third-order valence-electron chi connectivity index (χ3n) is 3.51. The van der Waals surface area contributed by atoms with Crippen LogP contribution in [0, 0.1) is 5.92 Å². The molecule has 1 aliphatic rings. The highest BCUT2D eigenvalue weighted by atomic mass is 35.5. The molecule has 2 rings (SSSR count). The van der Waals surface area contributed by atoms with Gasteiger partial charge in [-0.05, 0) is 42.7 Å². The van der Waals surface area contributed by atoms with Gasteiger partial charge in [-0.25, -0.2) is 0 Å². The molecule has 3 unspecified atom stereocenters. The summed E-state index contributed by atoms with van der Waals surface area (Å²) in [7, 11) is 0. The van der Waals surface area contributed by atoms with Crippen LogP contribution >= 0.6 is 22.9 Å². The van der Waals surface area contributed by atoms with Crippen LogP contribution in [0.4, 0.5) is 0 Å². The molecule has 0 spiro atoms. The summed E-state index contributed by atoms with van der Waals surface area (Å²) in [5.41, 5.74) is 1.33. The lowest BCUT2D eigenvalue weighted by molar-refractivity contribution is 0.285. The first kappa shape index (κ1) is 12.4. The molecule has 3 heteroatoms. The average Bonchev–Trinajstić information content (AvgIpc) is 2.65. The quantitative estimate of drug-likeness (QED) is 0.833. The molecule has 1 aromatic rings. The Morgan fingerprint density at radius 3 is 2.94 bits per heavy atom. The predicted octanol–water partition coefficient (Wildman–Crippen LogP) is 4.63. The highest BCUT2D eigenvalue weighted by Gasteiger charge is 2.20. The smallest absolute Gasteiger partial charge is 0.0931 e. The molecule has 1 nitrogen and oxygen atoms in total. The molecule has 90 valence electrons. The van der Waals surface area contributed by atoms with Crippen molar-refractivity contribution < 1.29 is 0 Å². The summed E-state index contributed by atoms with van der Waals surface area (Å²) < 4.78 is 0.890. The largest absolute Gasteiger partial charge is 0.307 e. The lowest BCUT2D eigenvalue weighted by Gasteiger charge is -2.30.